The van der Waals surface area contributed by atoms with Crippen molar-refractivity contribution in [2.24, 2.45) is 0 Å². The van der Waals surface area contributed by atoms with Crippen molar-refractivity contribution in [2.75, 3.05) is 5.32 Å². The number of hydrogen-bond acceptors (Lipinski definition) is 3. The van der Waals surface area contributed by atoms with Crippen LogP contribution in [0.5, 0.6) is 0 Å². The molecule has 2 rings (SSSR count). The van der Waals surface area contributed by atoms with Gasteiger partial charge in [-0.05, 0) is 30.9 Å². The number of anilines is 1. The Bertz CT molecular complexity index is 492. The third-order valence-electron chi connectivity index (χ3n) is 3.12. The summed E-state index contributed by atoms with van der Waals surface area (Å²) >= 11 is 1.72. The zero-order chi connectivity index (χ0) is 13.1. The van der Waals surface area contributed by atoms with Crippen LogP contribution in [0, 0.1) is 13.8 Å². The number of hydrogen-bond donors (Lipinski definition) is 1. The zero-order valence-corrected chi connectivity index (χ0v) is 12.3. The van der Waals surface area contributed by atoms with Crippen molar-refractivity contribution in [1.82, 2.24) is 4.98 Å². The summed E-state index contributed by atoms with van der Waals surface area (Å²) in [5.74, 6) is 0.594. The van der Waals surface area contributed by atoms with Crippen LogP contribution >= 0.6 is 11.3 Å². The first kappa shape index (κ1) is 13.1. The second kappa shape index (κ2) is 5.53. The minimum absolute atomic E-state index is 0.594. The van der Waals surface area contributed by atoms with Crippen LogP contribution in [-0.2, 0) is 6.54 Å². The summed E-state index contributed by atoms with van der Waals surface area (Å²) in [6, 6.07) is 8.80. The van der Waals surface area contributed by atoms with Crippen molar-refractivity contribution in [1.29, 1.82) is 0 Å². The molecule has 0 atom stereocenters. The van der Waals surface area contributed by atoms with Gasteiger partial charge in [0.1, 0.15) is 0 Å². The van der Waals surface area contributed by atoms with Crippen LogP contribution in [0.4, 0.5) is 5.13 Å². The van der Waals surface area contributed by atoms with Gasteiger partial charge in [0.2, 0.25) is 0 Å². The number of aryl methyl sites for hydroxylation is 2. The first-order valence-corrected chi connectivity index (χ1v) is 7.14. The van der Waals surface area contributed by atoms with Crippen LogP contribution < -0.4 is 5.32 Å². The SMILES string of the molecule is Cc1nc(NCc2ccc(C(C)C)cc2)sc1C. The van der Waals surface area contributed by atoms with Gasteiger partial charge < -0.3 is 5.32 Å². The van der Waals surface area contributed by atoms with E-state index in [1.807, 2.05) is 0 Å². The van der Waals surface area contributed by atoms with Crippen molar-refractivity contribution in [3.05, 3.63) is 46.0 Å². The average Bonchev–Trinajstić information content (AvgIpc) is 2.67. The lowest BCUT2D eigenvalue weighted by atomic mass is 10.0. The molecule has 3 heteroatoms. The highest BCUT2D eigenvalue weighted by Crippen LogP contribution is 2.22. The number of benzene rings is 1. The molecule has 0 fully saturated rings. The molecule has 0 bridgehead atoms. The van der Waals surface area contributed by atoms with Gasteiger partial charge in [0, 0.05) is 11.4 Å². The maximum atomic E-state index is 4.48. The van der Waals surface area contributed by atoms with Gasteiger partial charge in [-0.15, -0.1) is 11.3 Å². The topological polar surface area (TPSA) is 24.9 Å². The monoisotopic (exact) mass is 260 g/mol. The lowest BCUT2D eigenvalue weighted by Gasteiger charge is -2.07. The Morgan fingerprint density at radius 3 is 2.33 bits per heavy atom. The molecule has 0 saturated carbocycles. The molecule has 1 aromatic carbocycles. The Morgan fingerprint density at radius 2 is 1.83 bits per heavy atom. The largest absolute Gasteiger partial charge is 0.357 e. The summed E-state index contributed by atoms with van der Waals surface area (Å²) < 4.78 is 0. The van der Waals surface area contributed by atoms with Gasteiger partial charge in [-0.3, -0.25) is 0 Å². The molecule has 18 heavy (non-hydrogen) atoms. The van der Waals surface area contributed by atoms with E-state index in [-0.39, 0.29) is 0 Å². The smallest absolute Gasteiger partial charge is 0.183 e. The minimum atomic E-state index is 0.594. The minimum Gasteiger partial charge on any atom is -0.357 e. The van der Waals surface area contributed by atoms with Gasteiger partial charge in [0.15, 0.2) is 5.13 Å². The fourth-order valence-corrected chi connectivity index (χ4v) is 2.56. The van der Waals surface area contributed by atoms with Gasteiger partial charge in [0.25, 0.3) is 0 Å². The molecule has 0 spiro atoms. The molecule has 96 valence electrons. The molecule has 0 radical (unpaired) electrons. The maximum absolute atomic E-state index is 4.48. The highest BCUT2D eigenvalue weighted by molar-refractivity contribution is 7.15. The number of nitrogens with one attached hydrogen (secondary N) is 1. The predicted octanol–water partition coefficient (Wildman–Crippen LogP) is 4.50. The van der Waals surface area contributed by atoms with Gasteiger partial charge >= 0.3 is 0 Å². The molecule has 0 unspecified atom stereocenters. The molecule has 0 aliphatic heterocycles. The van der Waals surface area contributed by atoms with Crippen LogP contribution in [0.3, 0.4) is 0 Å². The lowest BCUT2D eigenvalue weighted by Crippen LogP contribution is -1.99. The van der Waals surface area contributed by atoms with Crippen LogP contribution in [-0.4, -0.2) is 4.98 Å². The fourth-order valence-electron chi connectivity index (χ4n) is 1.75. The second-order valence-corrected chi connectivity index (χ2v) is 6.11. The van der Waals surface area contributed by atoms with Gasteiger partial charge in [-0.1, -0.05) is 38.1 Å². The van der Waals surface area contributed by atoms with Crippen molar-refractivity contribution < 1.29 is 0 Å². The standard InChI is InChI=1S/C15H20N2S/c1-10(2)14-7-5-13(6-8-14)9-16-15-17-11(3)12(4)18-15/h5-8,10H,9H2,1-4H3,(H,16,17). The highest BCUT2D eigenvalue weighted by Gasteiger charge is 2.03. The first-order valence-electron chi connectivity index (χ1n) is 6.33. The number of rotatable bonds is 4. The zero-order valence-electron chi connectivity index (χ0n) is 11.4. The average molecular weight is 260 g/mol. The van der Waals surface area contributed by atoms with E-state index in [0.717, 1.165) is 17.4 Å². The Labute approximate surface area is 113 Å². The van der Waals surface area contributed by atoms with E-state index in [9.17, 15) is 0 Å². The Balaban J connectivity index is 1.97. The van der Waals surface area contributed by atoms with Gasteiger partial charge in [-0.25, -0.2) is 4.98 Å². The van der Waals surface area contributed by atoms with Crippen molar-refractivity contribution in [3.63, 3.8) is 0 Å². The molecule has 0 saturated heterocycles. The van der Waals surface area contributed by atoms with E-state index >= 15 is 0 Å². The summed E-state index contributed by atoms with van der Waals surface area (Å²) in [5, 5.41) is 4.39. The van der Waals surface area contributed by atoms with E-state index in [1.54, 1.807) is 11.3 Å². The van der Waals surface area contributed by atoms with E-state index in [4.69, 9.17) is 0 Å². The maximum Gasteiger partial charge on any atom is 0.183 e. The molecular weight excluding hydrogens is 240 g/mol. The van der Waals surface area contributed by atoms with Crippen LogP contribution in [0.25, 0.3) is 0 Å². The normalized spacial score (nSPS) is 10.9. The molecule has 1 heterocycles. The molecular formula is C15H20N2S. The number of nitrogens with zero attached hydrogens (tertiary/aromatic N) is 1. The van der Waals surface area contributed by atoms with E-state index in [0.29, 0.717) is 5.92 Å². The summed E-state index contributed by atoms with van der Waals surface area (Å²) in [6.45, 7) is 9.43. The van der Waals surface area contributed by atoms with Crippen LogP contribution in [0.2, 0.25) is 0 Å². The van der Waals surface area contributed by atoms with E-state index in [1.165, 1.54) is 16.0 Å². The molecule has 2 aromatic rings. The molecule has 1 N–H and O–H groups in total. The van der Waals surface area contributed by atoms with E-state index in [2.05, 4.69) is 62.3 Å². The van der Waals surface area contributed by atoms with Crippen molar-refractivity contribution in [3.8, 4) is 0 Å². The molecule has 2 nitrogen and oxygen atoms in total. The van der Waals surface area contributed by atoms with Gasteiger partial charge in [0.05, 0.1) is 5.69 Å². The summed E-state index contributed by atoms with van der Waals surface area (Å²) in [6.07, 6.45) is 0. The quantitative estimate of drug-likeness (QED) is 0.875. The van der Waals surface area contributed by atoms with Crippen LogP contribution in [0.15, 0.2) is 24.3 Å². The Morgan fingerprint density at radius 1 is 1.17 bits per heavy atom. The molecule has 0 aliphatic carbocycles. The second-order valence-electron chi connectivity index (χ2n) is 4.91. The Kier molecular flexibility index (Phi) is 4.02. The third-order valence-corrected chi connectivity index (χ3v) is 4.15. The summed E-state index contributed by atoms with van der Waals surface area (Å²) in [5.41, 5.74) is 3.81. The Hall–Kier alpha value is -1.35. The third kappa shape index (κ3) is 3.10. The summed E-state index contributed by atoms with van der Waals surface area (Å²) in [4.78, 5) is 5.76. The lowest BCUT2D eigenvalue weighted by molar-refractivity contribution is 0.865. The highest BCUT2D eigenvalue weighted by atomic mass is 32.1. The first-order chi connectivity index (χ1) is 8.56. The van der Waals surface area contributed by atoms with Crippen LogP contribution in [0.1, 0.15) is 41.5 Å². The van der Waals surface area contributed by atoms with Crippen molar-refractivity contribution in [2.45, 2.75) is 40.2 Å². The predicted molar refractivity (Wildman–Crippen MR) is 79.4 cm³/mol. The molecule has 0 amide bonds. The molecule has 1 aromatic heterocycles. The van der Waals surface area contributed by atoms with Crippen molar-refractivity contribution >= 4 is 16.5 Å². The number of aromatic nitrogens is 1. The number of thiazole rings is 1. The summed E-state index contributed by atoms with van der Waals surface area (Å²) in [7, 11) is 0. The van der Waals surface area contributed by atoms with Gasteiger partial charge in [-0.2, -0.15) is 0 Å². The van der Waals surface area contributed by atoms with E-state index < -0.39 is 0 Å². The molecule has 0 aliphatic rings. The fraction of sp³-hybridized carbons (Fsp3) is 0.400.